The lowest BCUT2D eigenvalue weighted by atomic mass is 9.91. The van der Waals surface area contributed by atoms with Crippen molar-refractivity contribution < 1.29 is 22.7 Å². The molecule has 2 atom stereocenters. The number of nitrogens with zero attached hydrogens (tertiary/aromatic N) is 3. The first-order chi connectivity index (χ1) is 13.1. The highest BCUT2D eigenvalue weighted by molar-refractivity contribution is 7.10. The fraction of sp³-hybridized carbons (Fsp3) is 0.333. The van der Waals surface area contributed by atoms with E-state index >= 15 is 0 Å². The number of aliphatic imine (C=N–C) groups is 1. The number of alkyl halides is 3. The molecule has 28 heavy (non-hydrogen) atoms. The van der Waals surface area contributed by atoms with E-state index in [9.17, 15) is 18.0 Å². The summed E-state index contributed by atoms with van der Waals surface area (Å²) >= 11 is 1.21. The number of nitriles is 1. The van der Waals surface area contributed by atoms with Crippen molar-refractivity contribution in [2.75, 3.05) is 0 Å². The van der Waals surface area contributed by atoms with Crippen molar-refractivity contribution in [3.63, 3.8) is 0 Å². The molecule has 1 aliphatic heterocycles. The molecule has 0 unspecified atom stereocenters. The quantitative estimate of drug-likeness (QED) is 0.782. The van der Waals surface area contributed by atoms with E-state index in [0.29, 0.717) is 16.0 Å². The highest BCUT2D eigenvalue weighted by Gasteiger charge is 2.49. The Bertz CT molecular complexity index is 962. The Morgan fingerprint density at radius 3 is 2.86 bits per heavy atom. The highest BCUT2D eigenvalue weighted by atomic mass is 32.1. The second kappa shape index (κ2) is 7.24. The third-order valence-electron chi connectivity index (χ3n) is 4.30. The fourth-order valence-electron chi connectivity index (χ4n) is 2.85. The van der Waals surface area contributed by atoms with Crippen LogP contribution in [-0.4, -0.2) is 29.1 Å². The number of hydrogen-bond acceptors (Lipinski definition) is 7. The Morgan fingerprint density at radius 2 is 2.25 bits per heavy atom. The van der Waals surface area contributed by atoms with Gasteiger partial charge in [0.2, 0.25) is 0 Å². The molecule has 10 heteroatoms. The molecule has 0 radical (unpaired) electrons. The lowest BCUT2D eigenvalue weighted by Crippen LogP contribution is -2.45. The molecule has 1 aliphatic rings. The second-order valence-corrected chi connectivity index (χ2v) is 7.45. The SMILES string of the molecule is C[C@@]1(c2cc(CC(=O)c3ccc(C#N)cn3)cs2)C[C@@H](C(F)(F)F)OC(N)=N1. The van der Waals surface area contributed by atoms with E-state index in [1.54, 1.807) is 18.4 Å². The van der Waals surface area contributed by atoms with E-state index in [0.717, 1.165) is 0 Å². The van der Waals surface area contributed by atoms with Gasteiger partial charge in [-0.25, -0.2) is 4.99 Å². The first-order valence-electron chi connectivity index (χ1n) is 8.16. The minimum absolute atomic E-state index is 0.0316. The number of Topliss-reactive ketones (excluding diaryl/α,β-unsaturated/α-hetero) is 1. The van der Waals surface area contributed by atoms with Crippen molar-refractivity contribution >= 4 is 23.1 Å². The predicted octanol–water partition coefficient (Wildman–Crippen LogP) is 3.32. The average molecular weight is 408 g/mol. The van der Waals surface area contributed by atoms with Crippen LogP contribution in [0.2, 0.25) is 0 Å². The molecular formula is C18H15F3N4O2S. The summed E-state index contributed by atoms with van der Waals surface area (Å²) < 4.78 is 43.9. The zero-order valence-corrected chi connectivity index (χ0v) is 15.5. The number of pyridine rings is 1. The van der Waals surface area contributed by atoms with Gasteiger partial charge in [-0.1, -0.05) is 0 Å². The maximum absolute atomic E-state index is 13.1. The van der Waals surface area contributed by atoms with Crippen molar-refractivity contribution in [2.24, 2.45) is 10.7 Å². The molecule has 0 saturated carbocycles. The Morgan fingerprint density at radius 1 is 1.50 bits per heavy atom. The number of halogens is 3. The van der Waals surface area contributed by atoms with Gasteiger partial charge in [0.05, 0.1) is 5.56 Å². The summed E-state index contributed by atoms with van der Waals surface area (Å²) in [5.41, 5.74) is 5.47. The summed E-state index contributed by atoms with van der Waals surface area (Å²) in [7, 11) is 0. The molecule has 3 heterocycles. The Labute approximate surface area is 162 Å². The first kappa shape index (κ1) is 19.8. The van der Waals surface area contributed by atoms with Gasteiger partial charge in [-0.15, -0.1) is 11.3 Å². The Balaban J connectivity index is 1.78. The molecule has 146 valence electrons. The van der Waals surface area contributed by atoms with E-state index < -0.39 is 30.3 Å². The number of ketones is 1. The smallest absolute Gasteiger partial charge is 0.425 e. The topological polar surface area (TPSA) is 101 Å². The molecule has 2 aromatic heterocycles. The summed E-state index contributed by atoms with van der Waals surface area (Å²) in [6, 6.07) is 6.03. The largest absolute Gasteiger partial charge is 0.452 e. The van der Waals surface area contributed by atoms with Crippen LogP contribution in [-0.2, 0) is 16.7 Å². The minimum Gasteiger partial charge on any atom is -0.452 e. The van der Waals surface area contributed by atoms with Gasteiger partial charge in [-0.3, -0.25) is 9.78 Å². The third kappa shape index (κ3) is 4.14. The lowest BCUT2D eigenvalue weighted by molar-refractivity contribution is -0.208. The number of ether oxygens (including phenoxy) is 1. The lowest BCUT2D eigenvalue weighted by Gasteiger charge is -2.34. The average Bonchev–Trinajstić information content (AvgIpc) is 3.10. The van der Waals surface area contributed by atoms with Crippen molar-refractivity contribution in [1.29, 1.82) is 5.26 Å². The van der Waals surface area contributed by atoms with Gasteiger partial charge in [0, 0.05) is 23.9 Å². The summed E-state index contributed by atoms with van der Waals surface area (Å²) in [5, 5.41) is 10.5. The maximum Gasteiger partial charge on any atom is 0.425 e. The van der Waals surface area contributed by atoms with Gasteiger partial charge in [0.25, 0.3) is 6.02 Å². The monoisotopic (exact) mass is 408 g/mol. The van der Waals surface area contributed by atoms with Crippen molar-refractivity contribution in [2.45, 2.75) is 37.6 Å². The summed E-state index contributed by atoms with van der Waals surface area (Å²) in [4.78, 5) is 20.9. The van der Waals surface area contributed by atoms with Gasteiger partial charge in [0.15, 0.2) is 11.9 Å². The predicted molar refractivity (Wildman–Crippen MR) is 95.8 cm³/mol. The second-order valence-electron chi connectivity index (χ2n) is 6.54. The summed E-state index contributed by atoms with van der Waals surface area (Å²) in [6.07, 6.45) is -5.65. The number of hydrogen-bond donors (Lipinski definition) is 1. The van der Waals surface area contributed by atoms with E-state index in [-0.39, 0.29) is 17.9 Å². The van der Waals surface area contributed by atoms with Crippen molar-refractivity contribution in [3.05, 3.63) is 51.5 Å². The highest BCUT2D eigenvalue weighted by Crippen LogP contribution is 2.42. The maximum atomic E-state index is 13.1. The number of carbonyl (C=O) groups is 1. The molecule has 0 aliphatic carbocycles. The number of carbonyl (C=O) groups excluding carboxylic acids is 1. The molecule has 6 nitrogen and oxygen atoms in total. The van der Waals surface area contributed by atoms with Crippen LogP contribution in [0.15, 0.2) is 34.8 Å². The molecular weight excluding hydrogens is 393 g/mol. The van der Waals surface area contributed by atoms with E-state index in [1.807, 2.05) is 6.07 Å². The van der Waals surface area contributed by atoms with Crippen LogP contribution in [0, 0.1) is 11.3 Å². The Hall–Kier alpha value is -2.93. The van der Waals surface area contributed by atoms with E-state index in [4.69, 9.17) is 11.0 Å². The van der Waals surface area contributed by atoms with Gasteiger partial charge < -0.3 is 10.5 Å². The van der Waals surface area contributed by atoms with Crippen LogP contribution in [0.25, 0.3) is 0 Å². The van der Waals surface area contributed by atoms with Crippen LogP contribution in [0.3, 0.4) is 0 Å². The van der Waals surface area contributed by atoms with Gasteiger partial charge in [-0.05, 0) is 36.1 Å². The van der Waals surface area contributed by atoms with E-state index in [2.05, 4.69) is 14.7 Å². The minimum atomic E-state index is -4.56. The summed E-state index contributed by atoms with van der Waals surface area (Å²) in [5.74, 6) is -0.262. The third-order valence-corrected chi connectivity index (χ3v) is 5.53. The fourth-order valence-corrected chi connectivity index (χ4v) is 3.89. The number of aromatic nitrogens is 1. The number of thiophene rings is 1. The molecule has 3 rings (SSSR count). The van der Waals surface area contributed by atoms with Gasteiger partial charge in [-0.2, -0.15) is 18.4 Å². The molecule has 2 N–H and O–H groups in total. The number of rotatable bonds is 4. The molecule has 0 bridgehead atoms. The van der Waals surface area contributed by atoms with Crippen LogP contribution >= 0.6 is 11.3 Å². The normalized spacial score (nSPS) is 22.1. The molecule has 0 aromatic carbocycles. The van der Waals surface area contributed by atoms with Crippen LogP contribution in [0.1, 0.15) is 39.8 Å². The summed E-state index contributed by atoms with van der Waals surface area (Å²) in [6.45, 7) is 1.56. The van der Waals surface area contributed by atoms with Crippen molar-refractivity contribution in [1.82, 2.24) is 4.98 Å². The van der Waals surface area contributed by atoms with Crippen LogP contribution < -0.4 is 5.73 Å². The molecule has 2 aromatic rings. The van der Waals surface area contributed by atoms with Gasteiger partial charge in [0.1, 0.15) is 17.3 Å². The standard InChI is InChI=1S/C18H15F3N4O2S/c1-17(6-14(18(19,20)21)27-16(23)25-17)15-5-11(9-28-15)4-13(26)12-3-2-10(7-22)8-24-12/h2-3,5,8-9,14H,4,6H2,1H3,(H2,23,25)/t14-,17-/m0/s1. The van der Waals surface area contributed by atoms with Crippen LogP contribution in [0.5, 0.6) is 0 Å². The van der Waals surface area contributed by atoms with Crippen LogP contribution in [0.4, 0.5) is 13.2 Å². The molecule has 0 saturated heterocycles. The first-order valence-corrected chi connectivity index (χ1v) is 9.04. The zero-order valence-electron chi connectivity index (χ0n) is 14.7. The molecule has 0 fully saturated rings. The zero-order chi connectivity index (χ0) is 20.5. The Kier molecular flexibility index (Phi) is 5.12. The van der Waals surface area contributed by atoms with Crippen molar-refractivity contribution in [3.8, 4) is 6.07 Å². The number of amidine groups is 1. The van der Waals surface area contributed by atoms with E-state index in [1.165, 1.54) is 29.7 Å². The number of nitrogens with two attached hydrogens (primary N) is 1. The molecule has 0 amide bonds. The molecule has 0 spiro atoms. The van der Waals surface area contributed by atoms with Gasteiger partial charge >= 0.3 is 6.18 Å².